The minimum atomic E-state index is 0.655. The van der Waals surface area contributed by atoms with Crippen molar-refractivity contribution in [2.24, 2.45) is 0 Å². The topological polar surface area (TPSA) is 73.5 Å². The smallest absolute Gasteiger partial charge is 0.178 e. The molecule has 25 heavy (non-hydrogen) atoms. The molecular weight excluding hydrogens is 314 g/mol. The van der Waals surface area contributed by atoms with Gasteiger partial charge in [-0.3, -0.25) is 4.68 Å². The largest absolute Gasteiger partial charge is 0.378 e. The van der Waals surface area contributed by atoms with Crippen LogP contribution in [-0.4, -0.2) is 29.5 Å². The fraction of sp³-hybridized carbons (Fsp3) is 0.111. The molecule has 3 aromatic heterocycles. The normalized spacial score (nSPS) is 10.7. The van der Waals surface area contributed by atoms with Crippen molar-refractivity contribution in [2.45, 2.75) is 13.1 Å². The molecule has 1 aromatic carbocycles. The fourth-order valence-corrected chi connectivity index (χ4v) is 2.59. The number of pyridine rings is 1. The quantitative estimate of drug-likeness (QED) is 0.588. The molecule has 0 aliphatic rings. The third-order valence-electron chi connectivity index (χ3n) is 3.78. The van der Waals surface area contributed by atoms with Crippen LogP contribution < -0.4 is 5.32 Å². The maximum absolute atomic E-state index is 4.43. The van der Waals surface area contributed by atoms with Gasteiger partial charge in [-0.15, -0.1) is 0 Å². The summed E-state index contributed by atoms with van der Waals surface area (Å²) in [6, 6.07) is 14.1. The number of nitrogens with one attached hydrogen (secondary N) is 1. The molecule has 0 spiro atoms. The summed E-state index contributed by atoms with van der Waals surface area (Å²) in [4.78, 5) is 8.34. The van der Waals surface area contributed by atoms with E-state index in [1.165, 1.54) is 11.9 Å². The molecule has 7 heteroatoms. The summed E-state index contributed by atoms with van der Waals surface area (Å²) in [5.41, 5.74) is 3.22. The Balaban J connectivity index is 1.44. The maximum Gasteiger partial charge on any atom is 0.178 e. The molecule has 0 amide bonds. The zero-order valence-corrected chi connectivity index (χ0v) is 13.5. The molecule has 0 saturated carbocycles. The summed E-state index contributed by atoms with van der Waals surface area (Å²) < 4.78 is 3.58. The highest BCUT2D eigenvalue weighted by molar-refractivity contribution is 5.56. The van der Waals surface area contributed by atoms with Crippen LogP contribution in [0.15, 0.2) is 73.7 Å². The predicted octanol–water partition coefficient (Wildman–Crippen LogP) is 2.52. The van der Waals surface area contributed by atoms with E-state index in [0.29, 0.717) is 6.54 Å². The lowest BCUT2D eigenvalue weighted by Gasteiger charge is -2.09. The first-order chi connectivity index (χ1) is 12.4. The van der Waals surface area contributed by atoms with Gasteiger partial charge in [0.05, 0.1) is 18.4 Å². The first-order valence-corrected chi connectivity index (χ1v) is 7.97. The monoisotopic (exact) mass is 331 g/mol. The van der Waals surface area contributed by atoms with Crippen molar-refractivity contribution in [3.8, 4) is 5.82 Å². The Morgan fingerprint density at radius 2 is 1.88 bits per heavy atom. The van der Waals surface area contributed by atoms with E-state index in [4.69, 9.17) is 0 Å². The molecule has 0 radical (unpaired) electrons. The third-order valence-corrected chi connectivity index (χ3v) is 3.78. The van der Waals surface area contributed by atoms with Crippen LogP contribution >= 0.6 is 0 Å². The van der Waals surface area contributed by atoms with Crippen molar-refractivity contribution in [1.29, 1.82) is 0 Å². The van der Waals surface area contributed by atoms with Gasteiger partial charge in [-0.05, 0) is 17.7 Å². The molecule has 4 rings (SSSR count). The second kappa shape index (κ2) is 6.96. The first kappa shape index (κ1) is 15.1. The Hall–Kier alpha value is -3.48. The van der Waals surface area contributed by atoms with Gasteiger partial charge < -0.3 is 5.32 Å². The Morgan fingerprint density at radius 3 is 2.72 bits per heavy atom. The standard InChI is InChI=1S/C18H17N7/c1-2-5-15(6-3-1)11-24-12-16(10-22-24)9-21-17-7-4-8-20-18(17)25-14-19-13-23-25/h1-8,10,12-14,21H,9,11H2. The molecule has 124 valence electrons. The van der Waals surface area contributed by atoms with E-state index in [1.54, 1.807) is 17.2 Å². The Labute approximate surface area is 145 Å². The van der Waals surface area contributed by atoms with Gasteiger partial charge in [-0.1, -0.05) is 30.3 Å². The van der Waals surface area contributed by atoms with Crippen LogP contribution in [0.3, 0.4) is 0 Å². The van der Waals surface area contributed by atoms with Gasteiger partial charge in [0.2, 0.25) is 0 Å². The molecule has 0 fully saturated rings. The number of nitrogens with zero attached hydrogens (tertiary/aromatic N) is 6. The minimum absolute atomic E-state index is 0.655. The molecule has 3 heterocycles. The third kappa shape index (κ3) is 3.55. The van der Waals surface area contributed by atoms with Gasteiger partial charge in [0.15, 0.2) is 5.82 Å². The average molecular weight is 331 g/mol. The zero-order chi connectivity index (χ0) is 16.9. The van der Waals surface area contributed by atoms with E-state index in [0.717, 1.165) is 23.6 Å². The summed E-state index contributed by atoms with van der Waals surface area (Å²) in [6.07, 6.45) is 8.78. The average Bonchev–Trinajstić information content (AvgIpc) is 3.33. The van der Waals surface area contributed by atoms with E-state index >= 15 is 0 Å². The number of aromatic nitrogens is 6. The maximum atomic E-state index is 4.43. The van der Waals surface area contributed by atoms with Gasteiger partial charge in [0.25, 0.3) is 0 Å². The molecule has 0 unspecified atom stereocenters. The van der Waals surface area contributed by atoms with Crippen LogP contribution in [0.5, 0.6) is 0 Å². The van der Waals surface area contributed by atoms with Crippen molar-refractivity contribution in [3.05, 3.63) is 84.8 Å². The zero-order valence-electron chi connectivity index (χ0n) is 13.5. The highest BCUT2D eigenvalue weighted by Gasteiger charge is 2.07. The van der Waals surface area contributed by atoms with Crippen LogP contribution in [0.4, 0.5) is 5.69 Å². The summed E-state index contributed by atoms with van der Waals surface area (Å²) in [7, 11) is 0. The number of hydrogen-bond acceptors (Lipinski definition) is 5. The highest BCUT2D eigenvalue weighted by atomic mass is 15.3. The van der Waals surface area contributed by atoms with Crippen molar-refractivity contribution in [2.75, 3.05) is 5.32 Å². The number of hydrogen-bond donors (Lipinski definition) is 1. The first-order valence-electron chi connectivity index (χ1n) is 7.97. The van der Waals surface area contributed by atoms with Crippen molar-refractivity contribution in [3.63, 3.8) is 0 Å². The van der Waals surface area contributed by atoms with Gasteiger partial charge in [0, 0.05) is 24.5 Å². The Kier molecular flexibility index (Phi) is 4.20. The van der Waals surface area contributed by atoms with Gasteiger partial charge in [-0.2, -0.15) is 10.2 Å². The van der Waals surface area contributed by atoms with Crippen molar-refractivity contribution in [1.82, 2.24) is 29.5 Å². The molecule has 0 aliphatic carbocycles. The number of benzene rings is 1. The van der Waals surface area contributed by atoms with Gasteiger partial charge in [0.1, 0.15) is 12.7 Å². The molecule has 1 N–H and O–H groups in total. The van der Waals surface area contributed by atoms with Crippen LogP contribution in [0, 0.1) is 0 Å². The lowest BCUT2D eigenvalue weighted by atomic mass is 10.2. The van der Waals surface area contributed by atoms with Crippen LogP contribution in [0.25, 0.3) is 5.82 Å². The van der Waals surface area contributed by atoms with Gasteiger partial charge in [-0.25, -0.2) is 14.6 Å². The number of anilines is 1. The molecule has 7 nitrogen and oxygen atoms in total. The SMILES string of the molecule is c1ccc(Cn2cc(CNc3cccnc3-n3cncn3)cn2)cc1. The van der Waals surface area contributed by atoms with Crippen LogP contribution in [-0.2, 0) is 13.1 Å². The predicted molar refractivity (Wildman–Crippen MR) is 94.3 cm³/mol. The molecule has 0 bridgehead atoms. The summed E-state index contributed by atoms with van der Waals surface area (Å²) >= 11 is 0. The molecule has 0 saturated heterocycles. The second-order valence-corrected chi connectivity index (χ2v) is 5.60. The van der Waals surface area contributed by atoms with E-state index in [9.17, 15) is 0 Å². The lowest BCUT2D eigenvalue weighted by molar-refractivity contribution is 0.686. The van der Waals surface area contributed by atoms with E-state index in [2.05, 4.69) is 37.6 Å². The van der Waals surface area contributed by atoms with E-state index < -0.39 is 0 Å². The highest BCUT2D eigenvalue weighted by Crippen LogP contribution is 2.16. The Morgan fingerprint density at radius 1 is 0.960 bits per heavy atom. The summed E-state index contributed by atoms with van der Waals surface area (Å²) in [5.74, 6) is 0.719. The Bertz CT molecular complexity index is 929. The van der Waals surface area contributed by atoms with E-state index in [-0.39, 0.29) is 0 Å². The van der Waals surface area contributed by atoms with E-state index in [1.807, 2.05) is 47.4 Å². The van der Waals surface area contributed by atoms with Crippen molar-refractivity contribution >= 4 is 5.69 Å². The lowest BCUT2D eigenvalue weighted by Crippen LogP contribution is -2.06. The van der Waals surface area contributed by atoms with Crippen molar-refractivity contribution < 1.29 is 0 Å². The molecule has 0 aliphatic heterocycles. The summed E-state index contributed by atoms with van der Waals surface area (Å²) in [5, 5.41) is 12.0. The summed E-state index contributed by atoms with van der Waals surface area (Å²) in [6.45, 7) is 1.42. The fourth-order valence-electron chi connectivity index (χ4n) is 2.59. The molecular formula is C18H17N7. The molecule has 0 atom stereocenters. The van der Waals surface area contributed by atoms with Crippen LogP contribution in [0.1, 0.15) is 11.1 Å². The van der Waals surface area contributed by atoms with Gasteiger partial charge >= 0.3 is 0 Å². The number of rotatable bonds is 6. The minimum Gasteiger partial charge on any atom is -0.378 e. The molecule has 4 aromatic rings. The van der Waals surface area contributed by atoms with Crippen LogP contribution in [0.2, 0.25) is 0 Å². The second-order valence-electron chi connectivity index (χ2n) is 5.60.